The topological polar surface area (TPSA) is 81.8 Å². The lowest BCUT2D eigenvalue weighted by Crippen LogP contribution is -2.45. The van der Waals surface area contributed by atoms with Crippen molar-refractivity contribution in [2.75, 3.05) is 26.7 Å². The smallest absolute Gasteiger partial charge is 0.322 e. The average Bonchev–Trinajstić information content (AvgIpc) is 3.13. The van der Waals surface area contributed by atoms with Gasteiger partial charge in [0.2, 0.25) is 5.91 Å². The first-order chi connectivity index (χ1) is 15.5. The summed E-state index contributed by atoms with van der Waals surface area (Å²) in [5, 5.41) is 6.26. The molecule has 0 aromatic heterocycles. The Morgan fingerprint density at radius 3 is 2.59 bits per heavy atom. The fourth-order valence-corrected chi connectivity index (χ4v) is 4.31. The van der Waals surface area contributed by atoms with Crippen LogP contribution >= 0.6 is 11.6 Å². The number of nitrogens with zero attached hydrogens (tertiary/aromatic N) is 2. The summed E-state index contributed by atoms with van der Waals surface area (Å²) in [5.74, 6) is -0.294. The van der Waals surface area contributed by atoms with E-state index in [1.54, 1.807) is 30.1 Å². The number of benzene rings is 2. The SMILES string of the molecule is CN1C(=O)NC(c2ccccc2Cl)C2=C1CN(CCC(=O)NCCc1ccccc1)C2=O. The maximum absolute atomic E-state index is 13.2. The summed E-state index contributed by atoms with van der Waals surface area (Å²) >= 11 is 6.35. The first-order valence-corrected chi connectivity index (χ1v) is 10.9. The van der Waals surface area contributed by atoms with Crippen LogP contribution in [0, 0.1) is 0 Å². The minimum atomic E-state index is -0.611. The lowest BCUT2D eigenvalue weighted by atomic mass is 9.95. The number of urea groups is 1. The molecule has 2 aromatic carbocycles. The van der Waals surface area contributed by atoms with Crippen molar-refractivity contribution in [3.63, 3.8) is 0 Å². The van der Waals surface area contributed by atoms with Crippen molar-refractivity contribution in [2.45, 2.75) is 18.9 Å². The lowest BCUT2D eigenvalue weighted by Gasteiger charge is -2.31. The van der Waals surface area contributed by atoms with Crippen molar-refractivity contribution in [1.82, 2.24) is 20.4 Å². The third kappa shape index (κ3) is 4.48. The van der Waals surface area contributed by atoms with E-state index >= 15 is 0 Å². The molecule has 2 aromatic rings. The van der Waals surface area contributed by atoms with Crippen molar-refractivity contribution in [3.05, 3.63) is 82.0 Å². The molecule has 0 saturated heterocycles. The van der Waals surface area contributed by atoms with Crippen LogP contribution in [0.5, 0.6) is 0 Å². The monoisotopic (exact) mass is 452 g/mol. The lowest BCUT2D eigenvalue weighted by molar-refractivity contribution is -0.127. The van der Waals surface area contributed by atoms with Crippen LogP contribution in [-0.2, 0) is 16.0 Å². The number of halogens is 1. The highest BCUT2D eigenvalue weighted by atomic mass is 35.5. The highest BCUT2D eigenvalue weighted by Crippen LogP contribution is 2.37. The number of likely N-dealkylation sites (N-methyl/N-ethyl adjacent to an activating group) is 1. The number of nitrogens with one attached hydrogen (secondary N) is 2. The van der Waals surface area contributed by atoms with Gasteiger partial charge in [-0.05, 0) is 23.6 Å². The molecule has 0 bridgehead atoms. The van der Waals surface area contributed by atoms with Crippen LogP contribution in [-0.4, -0.2) is 54.3 Å². The second-order valence-electron chi connectivity index (χ2n) is 7.89. The molecule has 1 atom stereocenters. The van der Waals surface area contributed by atoms with Crippen LogP contribution in [0.4, 0.5) is 4.79 Å². The van der Waals surface area contributed by atoms with Crippen LogP contribution in [0.3, 0.4) is 0 Å². The maximum atomic E-state index is 13.2. The van der Waals surface area contributed by atoms with E-state index in [0.717, 1.165) is 12.0 Å². The Morgan fingerprint density at radius 1 is 1.12 bits per heavy atom. The molecule has 1 unspecified atom stereocenters. The molecule has 0 saturated carbocycles. The molecule has 32 heavy (non-hydrogen) atoms. The first-order valence-electron chi connectivity index (χ1n) is 10.6. The summed E-state index contributed by atoms with van der Waals surface area (Å²) in [4.78, 5) is 41.1. The number of rotatable bonds is 7. The molecule has 7 nitrogen and oxygen atoms in total. The molecule has 2 aliphatic heterocycles. The quantitative estimate of drug-likeness (QED) is 0.677. The van der Waals surface area contributed by atoms with Crippen molar-refractivity contribution < 1.29 is 14.4 Å². The van der Waals surface area contributed by atoms with E-state index in [2.05, 4.69) is 10.6 Å². The molecular formula is C24H25ClN4O3. The van der Waals surface area contributed by atoms with E-state index < -0.39 is 6.04 Å². The van der Waals surface area contributed by atoms with E-state index in [9.17, 15) is 14.4 Å². The van der Waals surface area contributed by atoms with E-state index in [1.807, 2.05) is 36.4 Å². The normalized spacial score (nSPS) is 18.0. The fraction of sp³-hybridized carbons (Fsp3) is 0.292. The number of carbonyl (C=O) groups excluding carboxylic acids is 3. The van der Waals surface area contributed by atoms with Gasteiger partial charge in [0.25, 0.3) is 5.91 Å². The molecule has 0 fully saturated rings. The van der Waals surface area contributed by atoms with Gasteiger partial charge in [-0.1, -0.05) is 60.1 Å². The Labute approximate surface area is 192 Å². The van der Waals surface area contributed by atoms with E-state index in [4.69, 9.17) is 11.6 Å². The van der Waals surface area contributed by atoms with Crippen molar-refractivity contribution in [1.29, 1.82) is 0 Å². The summed E-state index contributed by atoms with van der Waals surface area (Å²) in [6.45, 7) is 1.11. The van der Waals surface area contributed by atoms with Gasteiger partial charge in [0.1, 0.15) is 0 Å². The van der Waals surface area contributed by atoms with E-state index in [-0.39, 0.29) is 37.4 Å². The minimum absolute atomic E-state index is 0.108. The molecule has 2 heterocycles. The zero-order chi connectivity index (χ0) is 22.7. The van der Waals surface area contributed by atoms with Crippen molar-refractivity contribution in [3.8, 4) is 0 Å². The van der Waals surface area contributed by atoms with Gasteiger partial charge in [-0.2, -0.15) is 0 Å². The summed E-state index contributed by atoms with van der Waals surface area (Å²) in [6, 6.07) is 16.2. The van der Waals surface area contributed by atoms with E-state index in [1.165, 1.54) is 4.90 Å². The number of amides is 4. The third-order valence-corrected chi connectivity index (χ3v) is 6.18. The van der Waals surface area contributed by atoms with Gasteiger partial charge in [-0.3, -0.25) is 14.5 Å². The second-order valence-corrected chi connectivity index (χ2v) is 8.29. The molecule has 2 aliphatic rings. The van der Waals surface area contributed by atoms with Gasteiger partial charge in [-0.25, -0.2) is 4.79 Å². The second kappa shape index (κ2) is 9.44. The summed E-state index contributed by atoms with van der Waals surface area (Å²) in [7, 11) is 1.64. The fourth-order valence-electron chi connectivity index (χ4n) is 4.06. The number of hydrogen-bond donors (Lipinski definition) is 2. The van der Waals surface area contributed by atoms with Gasteiger partial charge in [0, 0.05) is 31.6 Å². The highest BCUT2D eigenvalue weighted by molar-refractivity contribution is 6.31. The Kier molecular flexibility index (Phi) is 6.46. The number of hydrogen-bond acceptors (Lipinski definition) is 3. The Bertz CT molecular complexity index is 1070. The van der Waals surface area contributed by atoms with Crippen molar-refractivity contribution in [2.24, 2.45) is 0 Å². The Hall–Kier alpha value is -3.32. The van der Waals surface area contributed by atoms with Gasteiger partial charge < -0.3 is 15.5 Å². The van der Waals surface area contributed by atoms with Crippen LogP contribution in [0.2, 0.25) is 5.02 Å². The third-order valence-electron chi connectivity index (χ3n) is 5.84. The van der Waals surface area contributed by atoms with Crippen LogP contribution in [0.25, 0.3) is 0 Å². The predicted octanol–water partition coefficient (Wildman–Crippen LogP) is 2.88. The maximum Gasteiger partial charge on any atom is 0.322 e. The minimum Gasteiger partial charge on any atom is -0.356 e. The Morgan fingerprint density at radius 2 is 1.84 bits per heavy atom. The largest absolute Gasteiger partial charge is 0.356 e. The summed E-state index contributed by atoms with van der Waals surface area (Å²) < 4.78 is 0. The molecule has 2 N–H and O–H groups in total. The van der Waals surface area contributed by atoms with Crippen LogP contribution < -0.4 is 10.6 Å². The van der Waals surface area contributed by atoms with Crippen LogP contribution in [0.1, 0.15) is 23.6 Å². The Balaban J connectivity index is 1.38. The molecule has 0 aliphatic carbocycles. The predicted molar refractivity (Wildman–Crippen MR) is 122 cm³/mol. The summed E-state index contributed by atoms with van der Waals surface area (Å²) in [5.41, 5.74) is 2.99. The zero-order valence-electron chi connectivity index (χ0n) is 17.8. The molecule has 4 rings (SSSR count). The van der Waals surface area contributed by atoms with Gasteiger partial charge in [-0.15, -0.1) is 0 Å². The average molecular weight is 453 g/mol. The van der Waals surface area contributed by atoms with Gasteiger partial charge in [0.05, 0.1) is 23.9 Å². The molecule has 8 heteroatoms. The molecule has 4 amide bonds. The molecular weight excluding hydrogens is 428 g/mol. The van der Waals surface area contributed by atoms with Gasteiger partial charge in [0.15, 0.2) is 0 Å². The first kappa shape index (κ1) is 21.9. The standard InChI is InChI=1S/C24H25ClN4O3/c1-28-19-15-29(14-12-20(30)26-13-11-16-7-3-2-4-8-16)23(31)21(19)22(27-24(28)32)17-9-5-6-10-18(17)25/h2-10,22H,11-15H2,1H3,(H,26,30)(H,27,32). The summed E-state index contributed by atoms with van der Waals surface area (Å²) in [6.07, 6.45) is 0.951. The molecule has 166 valence electrons. The van der Waals surface area contributed by atoms with Crippen LogP contribution in [0.15, 0.2) is 65.9 Å². The van der Waals surface area contributed by atoms with Gasteiger partial charge >= 0.3 is 6.03 Å². The molecule has 0 radical (unpaired) electrons. The number of carbonyl (C=O) groups is 3. The molecule has 0 spiro atoms. The highest BCUT2D eigenvalue weighted by Gasteiger charge is 2.43. The van der Waals surface area contributed by atoms with E-state index in [0.29, 0.717) is 28.4 Å². The zero-order valence-corrected chi connectivity index (χ0v) is 18.6. The van der Waals surface area contributed by atoms with Crippen molar-refractivity contribution >= 4 is 29.4 Å².